The van der Waals surface area contributed by atoms with Crippen LogP contribution in [0.15, 0.2) is 47.4 Å². The number of phenols is 1. The van der Waals surface area contributed by atoms with Crippen molar-refractivity contribution in [1.29, 1.82) is 0 Å². The first kappa shape index (κ1) is 24.8. The van der Waals surface area contributed by atoms with E-state index in [1.54, 1.807) is 12.3 Å². The van der Waals surface area contributed by atoms with Crippen molar-refractivity contribution in [3.8, 4) is 17.0 Å². The number of aromatic amines is 1. The van der Waals surface area contributed by atoms with E-state index in [0.29, 0.717) is 16.8 Å². The molecule has 1 atom stereocenters. The molecule has 0 unspecified atom stereocenters. The summed E-state index contributed by atoms with van der Waals surface area (Å²) in [5, 5.41) is 15.5. The number of benzene rings is 2. The van der Waals surface area contributed by atoms with Crippen molar-refractivity contribution >= 4 is 27.5 Å². The first-order valence-corrected chi connectivity index (χ1v) is 13.3. The van der Waals surface area contributed by atoms with Gasteiger partial charge in [-0.15, -0.1) is 0 Å². The Kier molecular flexibility index (Phi) is 6.28. The summed E-state index contributed by atoms with van der Waals surface area (Å²) in [5.74, 6) is -0.142. The fourth-order valence-electron chi connectivity index (χ4n) is 6.05. The number of anilines is 1. The summed E-state index contributed by atoms with van der Waals surface area (Å²) in [6.45, 7) is 7.10. The number of nitrogens with zero attached hydrogens (tertiary/aromatic N) is 4. The lowest BCUT2D eigenvalue weighted by Crippen LogP contribution is -2.58. The van der Waals surface area contributed by atoms with Crippen molar-refractivity contribution in [2.45, 2.75) is 32.2 Å². The first-order chi connectivity index (χ1) is 18.3. The van der Waals surface area contributed by atoms with E-state index in [2.05, 4.69) is 39.1 Å². The van der Waals surface area contributed by atoms with Gasteiger partial charge in [-0.05, 0) is 69.2 Å². The Labute approximate surface area is 220 Å². The highest BCUT2D eigenvalue weighted by atomic mass is 19.1. The minimum absolute atomic E-state index is 0.0231. The maximum absolute atomic E-state index is 15.7. The third-order valence-corrected chi connectivity index (χ3v) is 8.37. The Bertz CT molecular complexity index is 1550. The Morgan fingerprint density at radius 1 is 1.18 bits per heavy atom. The summed E-state index contributed by atoms with van der Waals surface area (Å²) in [5.41, 5.74) is 0.243. The summed E-state index contributed by atoms with van der Waals surface area (Å²) in [6.07, 6.45) is 5.45. The molecule has 0 bridgehead atoms. The normalized spacial score (nSPS) is 20.6. The van der Waals surface area contributed by atoms with Crippen molar-refractivity contribution in [3.05, 3.63) is 58.9 Å². The maximum atomic E-state index is 15.7. The van der Waals surface area contributed by atoms with Crippen LogP contribution in [0.2, 0.25) is 0 Å². The number of rotatable bonds is 2. The Morgan fingerprint density at radius 3 is 2.68 bits per heavy atom. The zero-order valence-corrected chi connectivity index (χ0v) is 21.8. The summed E-state index contributed by atoms with van der Waals surface area (Å²) in [4.78, 5) is 27.8. The van der Waals surface area contributed by atoms with Crippen LogP contribution in [-0.2, 0) is 0 Å². The zero-order chi connectivity index (χ0) is 26.4. The molecule has 7 rings (SSSR count). The molecule has 8 nitrogen and oxygen atoms in total. The lowest BCUT2D eigenvalue weighted by Gasteiger charge is -2.48. The number of hydrogen-bond donors (Lipinski definition) is 3. The van der Waals surface area contributed by atoms with Crippen LogP contribution < -0.4 is 15.9 Å². The molecule has 3 aliphatic heterocycles. The number of fused-ring (bicyclic) bond motifs is 2. The highest BCUT2D eigenvalue weighted by molar-refractivity contribution is 5.99. The maximum Gasteiger partial charge on any atom is 0.347 e. The van der Waals surface area contributed by atoms with Crippen LogP contribution in [0.25, 0.3) is 32.9 Å². The van der Waals surface area contributed by atoms with Gasteiger partial charge in [-0.1, -0.05) is 24.3 Å². The molecule has 2 aromatic carbocycles. The predicted octanol–water partition coefficient (Wildman–Crippen LogP) is 3.88. The van der Waals surface area contributed by atoms with E-state index in [1.165, 1.54) is 25.5 Å². The van der Waals surface area contributed by atoms with Crippen LogP contribution in [0.1, 0.15) is 26.2 Å². The number of phenolic OH excluding ortho intramolecular Hbond substituents is 1. The van der Waals surface area contributed by atoms with E-state index >= 15 is 4.39 Å². The largest absolute Gasteiger partial charge is 0.508 e. The van der Waals surface area contributed by atoms with Gasteiger partial charge >= 0.3 is 5.69 Å². The van der Waals surface area contributed by atoms with Gasteiger partial charge in [0.1, 0.15) is 17.3 Å². The number of pyridine rings is 1. The third kappa shape index (κ3) is 4.39. The number of aromatic hydroxyl groups is 1. The van der Waals surface area contributed by atoms with Gasteiger partial charge < -0.3 is 25.2 Å². The number of aromatic nitrogens is 3. The van der Waals surface area contributed by atoms with Gasteiger partial charge in [-0.25, -0.2) is 9.18 Å². The highest BCUT2D eigenvalue weighted by Gasteiger charge is 2.46. The molecule has 38 heavy (non-hydrogen) atoms. The van der Waals surface area contributed by atoms with Crippen LogP contribution in [0.5, 0.6) is 5.75 Å². The van der Waals surface area contributed by atoms with Crippen LogP contribution in [0.3, 0.4) is 0 Å². The fraction of sp³-hybridized carbons (Fsp3) is 0.414. The van der Waals surface area contributed by atoms with Gasteiger partial charge in [-0.3, -0.25) is 4.98 Å². The molecule has 5 heterocycles. The average Bonchev–Trinajstić information content (AvgIpc) is 3.52. The molecular formula is C29H33FN6O2. The van der Waals surface area contributed by atoms with Gasteiger partial charge in [-0.2, -0.15) is 4.98 Å². The van der Waals surface area contributed by atoms with Gasteiger partial charge in [0.25, 0.3) is 0 Å². The van der Waals surface area contributed by atoms with Gasteiger partial charge in [0.2, 0.25) is 0 Å². The monoisotopic (exact) mass is 516 g/mol. The molecule has 0 amide bonds. The summed E-state index contributed by atoms with van der Waals surface area (Å²) in [6, 6.07) is 11.4. The van der Waals surface area contributed by atoms with Gasteiger partial charge in [0, 0.05) is 42.9 Å². The summed E-state index contributed by atoms with van der Waals surface area (Å²) < 4.78 is 15.7. The van der Waals surface area contributed by atoms with Crippen LogP contribution in [0, 0.1) is 11.2 Å². The molecule has 3 aliphatic rings. The molecular weight excluding hydrogens is 483 g/mol. The molecule has 0 radical (unpaired) electrons. The molecule has 198 valence electrons. The smallest absolute Gasteiger partial charge is 0.347 e. The second kappa shape index (κ2) is 9.63. The van der Waals surface area contributed by atoms with Crippen molar-refractivity contribution in [2.75, 3.05) is 44.7 Å². The quantitative estimate of drug-likeness (QED) is 0.372. The van der Waals surface area contributed by atoms with Crippen molar-refractivity contribution in [1.82, 2.24) is 25.2 Å². The van der Waals surface area contributed by atoms with E-state index < -0.39 is 11.5 Å². The highest BCUT2D eigenvalue weighted by Crippen LogP contribution is 2.41. The van der Waals surface area contributed by atoms with E-state index in [9.17, 15) is 9.90 Å². The van der Waals surface area contributed by atoms with Crippen LogP contribution in [-0.4, -0.2) is 70.8 Å². The molecule has 1 spiro atoms. The molecule has 0 aliphatic carbocycles. The average molecular weight is 517 g/mol. The molecule has 3 N–H and O–H groups in total. The Balaban J connectivity index is 0.000000330. The fourth-order valence-corrected chi connectivity index (χ4v) is 6.05. The lowest BCUT2D eigenvalue weighted by atomic mass is 9.79. The number of likely N-dealkylation sites (tertiary alicyclic amines) is 1. The Morgan fingerprint density at radius 2 is 2.00 bits per heavy atom. The molecule has 3 saturated heterocycles. The Hall–Kier alpha value is -3.56. The van der Waals surface area contributed by atoms with Gasteiger partial charge in [0.05, 0.1) is 10.9 Å². The van der Waals surface area contributed by atoms with E-state index in [1.807, 2.05) is 29.2 Å². The lowest BCUT2D eigenvalue weighted by molar-refractivity contribution is 0.242. The van der Waals surface area contributed by atoms with Gasteiger partial charge in [0.15, 0.2) is 5.82 Å². The zero-order valence-electron chi connectivity index (χ0n) is 21.8. The number of nitrogens with one attached hydrogen (secondary N) is 2. The minimum atomic E-state index is -0.633. The van der Waals surface area contributed by atoms with Crippen molar-refractivity contribution in [3.63, 3.8) is 0 Å². The van der Waals surface area contributed by atoms with E-state index in [4.69, 9.17) is 0 Å². The number of hydrogen-bond acceptors (Lipinski definition) is 7. The van der Waals surface area contributed by atoms with E-state index in [-0.39, 0.29) is 22.4 Å². The molecule has 9 heteroatoms. The first-order valence-electron chi connectivity index (χ1n) is 13.3. The van der Waals surface area contributed by atoms with Crippen LogP contribution >= 0.6 is 0 Å². The molecule has 0 saturated carbocycles. The van der Waals surface area contributed by atoms with Crippen molar-refractivity contribution in [2.24, 2.45) is 5.41 Å². The minimum Gasteiger partial charge on any atom is -0.508 e. The number of halogens is 1. The topological polar surface area (TPSA) is 97.4 Å². The summed E-state index contributed by atoms with van der Waals surface area (Å²) in [7, 11) is 2.19. The molecule has 2 aromatic heterocycles. The standard InChI is InChI=1S/C23H20FN5O2.C6H13N/c24-18-19(16-8-14(30)7-13-3-1-2-4-15(13)16)26-9-17-20(18)27-22(31)28-21(17)29-11-23(12-29)5-6-25-10-23;1-6-4-3-5-7(6)2/h1-4,7-9,25,30H,5-6,10-12H2,(H,27,28,31);6H,3-5H2,1-2H3/t;6-/m.1/s1. The van der Waals surface area contributed by atoms with Crippen LogP contribution in [0.4, 0.5) is 10.2 Å². The van der Waals surface area contributed by atoms with Crippen molar-refractivity contribution < 1.29 is 9.50 Å². The SMILES string of the molecule is C[C@@H]1CCCN1C.O=c1nc(N2CC3(CCNC3)C2)c2cnc(-c3cc(O)cc4ccccc34)c(F)c2[nH]1. The molecule has 4 aromatic rings. The molecule has 3 fully saturated rings. The number of H-pyrrole nitrogens is 1. The summed E-state index contributed by atoms with van der Waals surface area (Å²) >= 11 is 0. The second-order valence-corrected chi connectivity index (χ2v) is 11.0. The second-order valence-electron chi connectivity index (χ2n) is 11.0. The third-order valence-electron chi connectivity index (χ3n) is 8.37. The predicted molar refractivity (Wildman–Crippen MR) is 148 cm³/mol. The van der Waals surface area contributed by atoms with E-state index in [0.717, 1.165) is 49.4 Å².